The van der Waals surface area contributed by atoms with Crippen LogP contribution < -0.4 is 11.1 Å². The van der Waals surface area contributed by atoms with Crippen molar-refractivity contribution in [1.82, 2.24) is 4.98 Å². The highest BCUT2D eigenvalue weighted by Gasteiger charge is 2.15. The van der Waals surface area contributed by atoms with E-state index >= 15 is 0 Å². The number of thiazole rings is 1. The van der Waals surface area contributed by atoms with Crippen LogP contribution in [-0.4, -0.2) is 16.1 Å². The molecule has 6 heteroatoms. The summed E-state index contributed by atoms with van der Waals surface area (Å²) in [6.07, 6.45) is 0. The number of carboxylic acids is 1. The van der Waals surface area contributed by atoms with Gasteiger partial charge in [-0.05, 0) is 39.0 Å². The number of nitrogens with two attached hydrogens (primary N) is 1. The molecule has 20 heavy (non-hydrogen) atoms. The van der Waals surface area contributed by atoms with Gasteiger partial charge in [-0.25, -0.2) is 9.78 Å². The van der Waals surface area contributed by atoms with Crippen molar-refractivity contribution in [2.24, 2.45) is 0 Å². The Morgan fingerprint density at radius 3 is 2.70 bits per heavy atom. The van der Waals surface area contributed by atoms with E-state index in [2.05, 4.69) is 10.3 Å². The van der Waals surface area contributed by atoms with Gasteiger partial charge in [-0.2, -0.15) is 0 Å². The first kappa shape index (κ1) is 14.3. The molecular formula is C14H17N3O2S. The van der Waals surface area contributed by atoms with Gasteiger partial charge in [0, 0.05) is 4.88 Å². The number of nitrogen functional groups attached to an aromatic ring is 1. The largest absolute Gasteiger partial charge is 0.478 e. The Labute approximate surface area is 121 Å². The van der Waals surface area contributed by atoms with E-state index in [1.54, 1.807) is 23.5 Å². The maximum atomic E-state index is 11.0. The summed E-state index contributed by atoms with van der Waals surface area (Å²) in [6.45, 7) is 5.94. The lowest BCUT2D eigenvalue weighted by Crippen LogP contribution is -2.09. The minimum absolute atomic E-state index is 0.0209. The van der Waals surface area contributed by atoms with E-state index in [0.29, 0.717) is 11.4 Å². The summed E-state index contributed by atoms with van der Waals surface area (Å²) in [7, 11) is 0. The summed E-state index contributed by atoms with van der Waals surface area (Å²) >= 11 is 1.63. The van der Waals surface area contributed by atoms with Crippen molar-refractivity contribution in [2.45, 2.75) is 26.8 Å². The van der Waals surface area contributed by atoms with Crippen LogP contribution in [0.1, 0.15) is 38.9 Å². The Bertz CT molecular complexity index is 652. The summed E-state index contributed by atoms with van der Waals surface area (Å²) < 4.78 is 0. The number of aryl methyl sites for hydroxylation is 2. The second kappa shape index (κ2) is 5.50. The van der Waals surface area contributed by atoms with Gasteiger partial charge in [0.25, 0.3) is 0 Å². The van der Waals surface area contributed by atoms with Crippen LogP contribution in [0.3, 0.4) is 0 Å². The van der Waals surface area contributed by atoms with E-state index in [4.69, 9.17) is 10.8 Å². The SMILES string of the molecule is Cc1nc(C)c(C(C)Nc2cc(C(=O)O)ccc2N)s1. The molecule has 0 aliphatic carbocycles. The maximum Gasteiger partial charge on any atom is 0.335 e. The molecule has 0 radical (unpaired) electrons. The summed E-state index contributed by atoms with van der Waals surface area (Å²) in [5.41, 5.74) is 8.25. The fraction of sp³-hybridized carbons (Fsp3) is 0.286. The number of aromatic carboxylic acids is 1. The summed E-state index contributed by atoms with van der Waals surface area (Å²) in [5, 5.41) is 13.3. The molecule has 0 saturated carbocycles. The second-order valence-electron chi connectivity index (χ2n) is 4.66. The monoisotopic (exact) mass is 291 g/mol. The number of carboxylic acid groups (broad SMARTS) is 1. The fourth-order valence-corrected chi connectivity index (χ4v) is 2.99. The number of hydrogen-bond acceptors (Lipinski definition) is 5. The molecule has 0 spiro atoms. The van der Waals surface area contributed by atoms with Crippen molar-refractivity contribution in [1.29, 1.82) is 0 Å². The lowest BCUT2D eigenvalue weighted by molar-refractivity contribution is 0.0697. The van der Waals surface area contributed by atoms with Crippen LogP contribution in [0.5, 0.6) is 0 Å². The molecule has 2 aromatic rings. The minimum Gasteiger partial charge on any atom is -0.478 e. The Morgan fingerprint density at radius 1 is 1.45 bits per heavy atom. The third kappa shape index (κ3) is 2.91. The minimum atomic E-state index is -0.967. The highest BCUT2D eigenvalue weighted by atomic mass is 32.1. The lowest BCUT2D eigenvalue weighted by Gasteiger charge is -2.16. The van der Waals surface area contributed by atoms with E-state index in [-0.39, 0.29) is 11.6 Å². The molecule has 0 saturated heterocycles. The Balaban J connectivity index is 2.27. The molecule has 0 aliphatic rings. The molecule has 1 heterocycles. The van der Waals surface area contributed by atoms with Crippen LogP contribution in [0.25, 0.3) is 0 Å². The van der Waals surface area contributed by atoms with Gasteiger partial charge in [0.15, 0.2) is 0 Å². The third-order valence-electron chi connectivity index (χ3n) is 3.00. The van der Waals surface area contributed by atoms with Crippen LogP contribution in [0.2, 0.25) is 0 Å². The average molecular weight is 291 g/mol. The zero-order valence-electron chi connectivity index (χ0n) is 11.6. The van der Waals surface area contributed by atoms with E-state index < -0.39 is 5.97 Å². The van der Waals surface area contributed by atoms with Crippen LogP contribution in [0.15, 0.2) is 18.2 Å². The highest BCUT2D eigenvalue weighted by Crippen LogP contribution is 2.30. The highest BCUT2D eigenvalue weighted by molar-refractivity contribution is 7.11. The van der Waals surface area contributed by atoms with Crippen molar-refractivity contribution >= 4 is 28.7 Å². The Morgan fingerprint density at radius 2 is 2.15 bits per heavy atom. The van der Waals surface area contributed by atoms with E-state index in [9.17, 15) is 4.79 Å². The predicted molar refractivity (Wildman–Crippen MR) is 81.4 cm³/mol. The maximum absolute atomic E-state index is 11.0. The van der Waals surface area contributed by atoms with Gasteiger partial charge in [-0.1, -0.05) is 0 Å². The number of nitrogens with one attached hydrogen (secondary N) is 1. The molecule has 106 valence electrons. The predicted octanol–water partition coefficient (Wildman–Crippen LogP) is 3.21. The third-order valence-corrected chi connectivity index (χ3v) is 4.26. The molecule has 0 bridgehead atoms. The van der Waals surface area contributed by atoms with Gasteiger partial charge in [-0.15, -0.1) is 11.3 Å². The normalized spacial score (nSPS) is 12.2. The first-order valence-corrected chi connectivity index (χ1v) is 7.03. The van der Waals surface area contributed by atoms with E-state index in [0.717, 1.165) is 15.6 Å². The topological polar surface area (TPSA) is 88.2 Å². The molecule has 1 unspecified atom stereocenters. The number of carbonyl (C=O) groups is 1. The lowest BCUT2D eigenvalue weighted by atomic mass is 10.1. The Hall–Kier alpha value is -2.08. The zero-order chi connectivity index (χ0) is 14.9. The fourth-order valence-electron chi connectivity index (χ4n) is 2.06. The van der Waals surface area contributed by atoms with Gasteiger partial charge in [0.05, 0.1) is 33.7 Å². The van der Waals surface area contributed by atoms with Gasteiger partial charge in [0.2, 0.25) is 0 Å². The van der Waals surface area contributed by atoms with Crippen LogP contribution in [0, 0.1) is 13.8 Å². The summed E-state index contributed by atoms with van der Waals surface area (Å²) in [4.78, 5) is 16.5. The van der Waals surface area contributed by atoms with Crippen LogP contribution >= 0.6 is 11.3 Å². The number of nitrogens with zero attached hydrogens (tertiary/aromatic N) is 1. The second-order valence-corrected chi connectivity index (χ2v) is 5.89. The van der Waals surface area contributed by atoms with Gasteiger partial charge in [0.1, 0.15) is 0 Å². The number of aromatic nitrogens is 1. The number of hydrogen-bond donors (Lipinski definition) is 3. The molecular weight excluding hydrogens is 274 g/mol. The van der Waals surface area contributed by atoms with Crippen molar-refractivity contribution in [3.05, 3.63) is 39.3 Å². The molecule has 0 fully saturated rings. The van der Waals surface area contributed by atoms with Crippen molar-refractivity contribution in [2.75, 3.05) is 11.1 Å². The molecule has 0 aliphatic heterocycles. The van der Waals surface area contributed by atoms with E-state index in [1.807, 2.05) is 20.8 Å². The van der Waals surface area contributed by atoms with Gasteiger partial charge >= 0.3 is 5.97 Å². The standard InChI is InChI=1S/C14H17N3O2S/c1-7-13(20-9(3)16-7)8(2)17-12-6-10(14(18)19)4-5-11(12)15/h4-6,8,17H,15H2,1-3H3,(H,18,19). The van der Waals surface area contributed by atoms with Crippen LogP contribution in [-0.2, 0) is 0 Å². The molecule has 0 amide bonds. The van der Waals surface area contributed by atoms with Crippen molar-refractivity contribution < 1.29 is 9.90 Å². The van der Waals surface area contributed by atoms with Crippen molar-refractivity contribution in [3.8, 4) is 0 Å². The molecule has 1 aromatic carbocycles. The number of anilines is 2. The number of rotatable bonds is 4. The quantitative estimate of drug-likeness (QED) is 0.753. The summed E-state index contributed by atoms with van der Waals surface area (Å²) in [5.74, 6) is -0.967. The average Bonchev–Trinajstić information content (AvgIpc) is 2.71. The molecule has 5 nitrogen and oxygen atoms in total. The first-order valence-electron chi connectivity index (χ1n) is 6.21. The molecule has 2 rings (SSSR count). The number of benzene rings is 1. The summed E-state index contributed by atoms with van der Waals surface area (Å²) in [6, 6.07) is 4.67. The van der Waals surface area contributed by atoms with Crippen LogP contribution in [0.4, 0.5) is 11.4 Å². The first-order chi connectivity index (χ1) is 9.38. The molecule has 4 N–H and O–H groups in total. The van der Waals surface area contributed by atoms with Gasteiger partial charge < -0.3 is 16.2 Å². The van der Waals surface area contributed by atoms with Crippen molar-refractivity contribution in [3.63, 3.8) is 0 Å². The zero-order valence-corrected chi connectivity index (χ0v) is 12.4. The smallest absolute Gasteiger partial charge is 0.335 e. The Kier molecular flexibility index (Phi) is 3.94. The van der Waals surface area contributed by atoms with Gasteiger partial charge in [-0.3, -0.25) is 0 Å². The molecule has 1 atom stereocenters. The molecule has 1 aromatic heterocycles. The van der Waals surface area contributed by atoms with E-state index in [1.165, 1.54) is 6.07 Å².